The third kappa shape index (κ3) is 8.13. The summed E-state index contributed by atoms with van der Waals surface area (Å²) in [6.45, 7) is 5.08. The van der Waals surface area contributed by atoms with Crippen molar-refractivity contribution in [3.05, 3.63) is 83.9 Å². The summed E-state index contributed by atoms with van der Waals surface area (Å²) in [5, 5.41) is -0.0369. The molecule has 0 heterocycles. The van der Waals surface area contributed by atoms with E-state index in [1.54, 1.807) is 18.7 Å². The van der Waals surface area contributed by atoms with Gasteiger partial charge in [0.2, 0.25) is 0 Å². The third-order valence-corrected chi connectivity index (χ3v) is 6.59. The summed E-state index contributed by atoms with van der Waals surface area (Å²) in [4.78, 5) is 26.5. The molecule has 2 aromatic carbocycles. The van der Waals surface area contributed by atoms with Gasteiger partial charge in [-0.25, -0.2) is 4.79 Å². The minimum Gasteiger partial charge on any atom is -0.462 e. The summed E-state index contributed by atoms with van der Waals surface area (Å²) in [7, 11) is 3.82. The Labute approximate surface area is 199 Å². The van der Waals surface area contributed by atoms with Gasteiger partial charge < -0.3 is 14.4 Å². The summed E-state index contributed by atoms with van der Waals surface area (Å²) in [6.07, 6.45) is 0.511. The van der Waals surface area contributed by atoms with Crippen molar-refractivity contribution in [2.24, 2.45) is 0 Å². The Morgan fingerprint density at radius 3 is 2.03 bits per heavy atom. The van der Waals surface area contributed by atoms with E-state index < -0.39 is 11.9 Å². The number of benzene rings is 2. The lowest BCUT2D eigenvalue weighted by Gasteiger charge is -2.25. The smallest absolute Gasteiger partial charge is 0.333 e. The van der Waals surface area contributed by atoms with Gasteiger partial charge in [0, 0.05) is 24.9 Å². The van der Waals surface area contributed by atoms with Gasteiger partial charge in [0.05, 0.1) is 5.92 Å². The molecule has 170 valence electrons. The molecular formula is C25H29NO4S2. The molecule has 0 aliphatic rings. The van der Waals surface area contributed by atoms with Crippen molar-refractivity contribution in [2.75, 3.05) is 27.3 Å². The zero-order chi connectivity index (χ0) is 23.5. The molecule has 0 radical (unpaired) electrons. The van der Waals surface area contributed by atoms with Crippen LogP contribution in [0, 0.1) is 0 Å². The van der Waals surface area contributed by atoms with Crippen molar-refractivity contribution in [3.8, 4) is 0 Å². The van der Waals surface area contributed by atoms with Crippen molar-refractivity contribution < 1.29 is 19.1 Å². The molecule has 0 aliphatic heterocycles. The summed E-state index contributed by atoms with van der Waals surface area (Å²) in [5.74, 6) is -1.35. The van der Waals surface area contributed by atoms with Crippen molar-refractivity contribution in [1.29, 1.82) is 0 Å². The number of hydrogen-bond acceptors (Lipinski definition) is 6. The van der Waals surface area contributed by atoms with Gasteiger partial charge in [-0.15, -0.1) is 0 Å². The molecule has 5 nitrogen and oxygen atoms in total. The molecule has 7 heteroatoms. The number of thioether (sulfide) groups is 1. The minimum atomic E-state index is -0.501. The van der Waals surface area contributed by atoms with Crippen LogP contribution in [0.25, 0.3) is 0 Å². The molecule has 0 amide bonds. The first kappa shape index (κ1) is 25.6. The van der Waals surface area contributed by atoms with Gasteiger partial charge in [-0.2, -0.15) is 0 Å². The molecule has 0 fully saturated rings. The van der Waals surface area contributed by atoms with Gasteiger partial charge in [-0.1, -0.05) is 91.2 Å². The fourth-order valence-corrected chi connectivity index (χ4v) is 4.30. The molecule has 0 saturated heterocycles. The van der Waals surface area contributed by atoms with E-state index in [0.717, 1.165) is 15.4 Å². The molecule has 32 heavy (non-hydrogen) atoms. The minimum absolute atomic E-state index is 0.0134. The van der Waals surface area contributed by atoms with Gasteiger partial charge in [0.15, 0.2) is 0 Å². The van der Waals surface area contributed by atoms with E-state index in [1.165, 1.54) is 0 Å². The van der Waals surface area contributed by atoms with Crippen LogP contribution in [0.1, 0.15) is 35.6 Å². The Hall–Kier alpha value is -2.64. The Kier molecular flexibility index (Phi) is 10.4. The van der Waals surface area contributed by atoms with Crippen LogP contribution in [0.2, 0.25) is 0 Å². The lowest BCUT2D eigenvalue weighted by molar-refractivity contribution is -0.151. The van der Waals surface area contributed by atoms with E-state index in [0.29, 0.717) is 12.0 Å². The van der Waals surface area contributed by atoms with Gasteiger partial charge >= 0.3 is 11.9 Å². The van der Waals surface area contributed by atoms with Crippen LogP contribution in [0.15, 0.2) is 72.8 Å². The molecule has 0 aliphatic carbocycles. The highest BCUT2D eigenvalue weighted by Gasteiger charge is 2.28. The summed E-state index contributed by atoms with van der Waals surface area (Å²) in [6, 6.07) is 19.6. The number of thiocarbonyl (C=S) groups is 1. The first-order chi connectivity index (χ1) is 15.3. The Morgan fingerprint density at radius 1 is 0.969 bits per heavy atom. The van der Waals surface area contributed by atoms with Crippen LogP contribution < -0.4 is 0 Å². The Morgan fingerprint density at radius 2 is 1.50 bits per heavy atom. The molecule has 0 saturated carbocycles. The number of ether oxygens (including phenoxy) is 2. The number of rotatable bonds is 10. The zero-order valence-corrected chi connectivity index (χ0v) is 20.3. The number of hydrogen-bond donors (Lipinski definition) is 0. The van der Waals surface area contributed by atoms with Crippen LogP contribution in [0.3, 0.4) is 0 Å². The van der Waals surface area contributed by atoms with E-state index in [4.69, 9.17) is 21.7 Å². The van der Waals surface area contributed by atoms with E-state index >= 15 is 0 Å². The standard InChI is InChI=1S/C25H29NO4S2/c1-18(2)23(27)29-15-16-30-24(28)21(19-11-7-5-8-12-19)17-22(32-25(31)26(3)4)20-13-9-6-10-14-20/h5-14,21-22H,1,15-17H2,2-4H3. The lowest BCUT2D eigenvalue weighted by atomic mass is 9.92. The maximum Gasteiger partial charge on any atom is 0.333 e. The summed E-state index contributed by atoms with van der Waals surface area (Å²) < 4.78 is 11.2. The van der Waals surface area contributed by atoms with Crippen LogP contribution in [0.4, 0.5) is 0 Å². The molecule has 0 N–H and O–H groups in total. The number of esters is 2. The van der Waals surface area contributed by atoms with E-state index in [1.807, 2.05) is 79.7 Å². The fourth-order valence-electron chi connectivity index (χ4n) is 2.92. The zero-order valence-electron chi connectivity index (χ0n) is 18.7. The predicted molar refractivity (Wildman–Crippen MR) is 134 cm³/mol. The van der Waals surface area contributed by atoms with E-state index in [9.17, 15) is 9.59 Å². The van der Waals surface area contributed by atoms with Crippen LogP contribution >= 0.6 is 24.0 Å². The molecule has 2 atom stereocenters. The highest BCUT2D eigenvalue weighted by Crippen LogP contribution is 2.39. The second-order valence-electron chi connectivity index (χ2n) is 7.46. The molecule has 0 aromatic heterocycles. The van der Waals surface area contributed by atoms with Crippen molar-refractivity contribution in [3.63, 3.8) is 0 Å². The number of carbonyl (C=O) groups excluding carboxylic acids is 2. The average Bonchev–Trinajstić information content (AvgIpc) is 2.79. The lowest BCUT2D eigenvalue weighted by Crippen LogP contribution is -2.22. The van der Waals surface area contributed by atoms with Gasteiger partial charge in [0.25, 0.3) is 0 Å². The van der Waals surface area contributed by atoms with E-state index in [-0.39, 0.29) is 24.4 Å². The van der Waals surface area contributed by atoms with Crippen LogP contribution in [-0.2, 0) is 19.1 Å². The highest BCUT2D eigenvalue weighted by atomic mass is 32.2. The maximum atomic E-state index is 13.1. The van der Waals surface area contributed by atoms with Crippen LogP contribution in [0.5, 0.6) is 0 Å². The van der Waals surface area contributed by atoms with Gasteiger partial charge in [0.1, 0.15) is 17.5 Å². The van der Waals surface area contributed by atoms with Crippen molar-refractivity contribution in [2.45, 2.75) is 24.5 Å². The highest BCUT2D eigenvalue weighted by molar-refractivity contribution is 8.23. The fraction of sp³-hybridized carbons (Fsp3) is 0.320. The summed E-state index contributed by atoms with van der Waals surface area (Å²) >= 11 is 7.09. The SMILES string of the molecule is C=C(C)C(=O)OCCOC(=O)C(CC(SC(=S)N(C)C)c1ccccc1)c1ccccc1. The predicted octanol–water partition coefficient (Wildman–Crippen LogP) is 5.14. The third-order valence-electron chi connectivity index (χ3n) is 4.63. The van der Waals surface area contributed by atoms with Gasteiger partial charge in [-0.05, 0) is 24.5 Å². The number of nitrogens with zero attached hydrogens (tertiary/aromatic N) is 1. The normalized spacial score (nSPS) is 12.3. The molecule has 0 spiro atoms. The summed E-state index contributed by atoms with van der Waals surface area (Å²) in [5.41, 5.74) is 2.26. The number of carbonyl (C=O) groups is 2. The largest absolute Gasteiger partial charge is 0.462 e. The topological polar surface area (TPSA) is 55.8 Å². The second-order valence-corrected chi connectivity index (χ2v) is 9.30. The van der Waals surface area contributed by atoms with Crippen LogP contribution in [-0.4, -0.2) is 48.5 Å². The molecule has 0 bridgehead atoms. The maximum absolute atomic E-state index is 13.1. The monoisotopic (exact) mass is 471 g/mol. The first-order valence-corrected chi connectivity index (χ1v) is 11.6. The van der Waals surface area contributed by atoms with Gasteiger partial charge in [-0.3, -0.25) is 4.79 Å². The van der Waals surface area contributed by atoms with Crippen molar-refractivity contribution in [1.82, 2.24) is 4.90 Å². The first-order valence-electron chi connectivity index (χ1n) is 10.3. The molecular weight excluding hydrogens is 442 g/mol. The molecule has 2 rings (SSSR count). The molecule has 2 aromatic rings. The van der Waals surface area contributed by atoms with Crippen molar-refractivity contribution >= 4 is 40.2 Å². The molecule has 2 unspecified atom stereocenters. The van der Waals surface area contributed by atoms with E-state index in [2.05, 4.69) is 6.58 Å². The average molecular weight is 472 g/mol. The quantitative estimate of drug-likeness (QED) is 0.206. The Bertz CT molecular complexity index is 916. The Balaban J connectivity index is 2.18. The second kappa shape index (κ2) is 13.0.